The van der Waals surface area contributed by atoms with Gasteiger partial charge in [-0.2, -0.15) is 0 Å². The second-order valence-corrected chi connectivity index (χ2v) is 6.71. The van der Waals surface area contributed by atoms with Crippen LogP contribution in [0.25, 0.3) is 0 Å². The number of hydrogen-bond donors (Lipinski definition) is 1. The topological polar surface area (TPSA) is 38.5 Å². The summed E-state index contributed by atoms with van der Waals surface area (Å²) >= 11 is 0. The Labute approximate surface area is 139 Å². The minimum Gasteiger partial charge on any atom is -0.493 e. The average molecular weight is 310 g/mol. The number of benzene rings is 2. The summed E-state index contributed by atoms with van der Waals surface area (Å²) in [7, 11) is 2.15. The molecule has 2 atom stereocenters. The van der Waals surface area contributed by atoms with Crippen LogP contribution in [0.1, 0.15) is 28.3 Å². The molecular formula is C20H26N2O. The molecule has 3 nitrogen and oxygen atoms in total. The van der Waals surface area contributed by atoms with Gasteiger partial charge >= 0.3 is 0 Å². The van der Waals surface area contributed by atoms with Crippen molar-refractivity contribution in [2.24, 2.45) is 11.7 Å². The van der Waals surface area contributed by atoms with E-state index in [0.29, 0.717) is 12.5 Å². The van der Waals surface area contributed by atoms with Gasteiger partial charge in [0.2, 0.25) is 0 Å². The molecule has 0 bridgehead atoms. The van der Waals surface area contributed by atoms with Gasteiger partial charge < -0.3 is 15.4 Å². The molecule has 3 rings (SSSR count). The monoisotopic (exact) mass is 310 g/mol. The lowest BCUT2D eigenvalue weighted by atomic mass is 9.88. The lowest BCUT2D eigenvalue weighted by molar-refractivity contribution is 0.148. The number of nitrogens with two attached hydrogens (primary N) is 1. The van der Waals surface area contributed by atoms with Crippen molar-refractivity contribution in [2.45, 2.75) is 26.4 Å². The van der Waals surface area contributed by atoms with Crippen LogP contribution in [0.5, 0.6) is 5.75 Å². The smallest absolute Gasteiger partial charge is 0.127 e. The van der Waals surface area contributed by atoms with E-state index in [9.17, 15) is 0 Å². The average Bonchev–Trinajstić information content (AvgIpc) is 2.54. The predicted molar refractivity (Wildman–Crippen MR) is 94.6 cm³/mol. The zero-order chi connectivity index (χ0) is 16.4. The van der Waals surface area contributed by atoms with Gasteiger partial charge in [-0.15, -0.1) is 0 Å². The van der Waals surface area contributed by atoms with Crippen LogP contribution in [0.4, 0.5) is 0 Å². The van der Waals surface area contributed by atoms with Gasteiger partial charge in [0.1, 0.15) is 5.75 Å². The lowest BCUT2D eigenvalue weighted by Crippen LogP contribution is -2.39. The molecule has 0 fully saturated rings. The quantitative estimate of drug-likeness (QED) is 0.940. The normalized spacial score (nSPS) is 20.2. The maximum atomic E-state index is 6.54. The molecule has 1 aliphatic heterocycles. The van der Waals surface area contributed by atoms with Crippen LogP contribution in [-0.4, -0.2) is 25.1 Å². The van der Waals surface area contributed by atoms with Crippen LogP contribution in [0.3, 0.4) is 0 Å². The molecule has 23 heavy (non-hydrogen) atoms. The van der Waals surface area contributed by atoms with Crippen LogP contribution >= 0.6 is 0 Å². The zero-order valence-electron chi connectivity index (χ0n) is 14.3. The fourth-order valence-corrected chi connectivity index (χ4v) is 3.34. The fraction of sp³-hybridized carbons (Fsp3) is 0.400. The van der Waals surface area contributed by atoms with E-state index in [0.717, 1.165) is 24.4 Å². The van der Waals surface area contributed by atoms with E-state index in [1.807, 2.05) is 0 Å². The second kappa shape index (κ2) is 6.73. The first kappa shape index (κ1) is 16.0. The van der Waals surface area contributed by atoms with Crippen molar-refractivity contribution in [3.8, 4) is 5.75 Å². The van der Waals surface area contributed by atoms with Gasteiger partial charge in [0.15, 0.2) is 0 Å². The van der Waals surface area contributed by atoms with Gasteiger partial charge in [0, 0.05) is 30.6 Å². The molecule has 2 aromatic carbocycles. The third-order valence-electron chi connectivity index (χ3n) is 4.86. The number of nitrogens with zero attached hydrogens (tertiary/aromatic N) is 1. The van der Waals surface area contributed by atoms with E-state index < -0.39 is 0 Å². The maximum absolute atomic E-state index is 6.54. The first-order chi connectivity index (χ1) is 11.1. The van der Waals surface area contributed by atoms with Gasteiger partial charge in [0.25, 0.3) is 0 Å². The summed E-state index contributed by atoms with van der Waals surface area (Å²) in [6.07, 6.45) is 0. The molecule has 1 heterocycles. The van der Waals surface area contributed by atoms with Crippen LogP contribution in [0, 0.1) is 19.8 Å². The maximum Gasteiger partial charge on any atom is 0.127 e. The number of hydrogen-bond acceptors (Lipinski definition) is 3. The fourth-order valence-electron chi connectivity index (χ4n) is 3.34. The van der Waals surface area contributed by atoms with Crippen LogP contribution < -0.4 is 10.5 Å². The lowest BCUT2D eigenvalue weighted by Gasteiger charge is -2.34. The Balaban J connectivity index is 1.69. The minimum atomic E-state index is 0.0382. The van der Waals surface area contributed by atoms with E-state index in [1.165, 1.54) is 16.7 Å². The molecule has 1 aliphatic rings. The highest BCUT2D eigenvalue weighted by Crippen LogP contribution is 2.37. The largest absolute Gasteiger partial charge is 0.493 e. The summed E-state index contributed by atoms with van der Waals surface area (Å²) in [5.74, 6) is 1.32. The van der Waals surface area contributed by atoms with Crippen molar-refractivity contribution in [3.05, 3.63) is 64.7 Å². The standard InChI is InChI=1S/C20H26N2O/c1-14-9-10-18-19(21)17(13-23-20(18)15(14)2)12-22(3)11-16-7-5-4-6-8-16/h4-10,17,19H,11-13,21H2,1-3H3. The van der Waals surface area contributed by atoms with Gasteiger partial charge in [-0.3, -0.25) is 0 Å². The number of rotatable bonds is 4. The summed E-state index contributed by atoms with van der Waals surface area (Å²) in [6, 6.07) is 14.9. The molecule has 0 saturated heterocycles. The summed E-state index contributed by atoms with van der Waals surface area (Å²) in [4.78, 5) is 2.33. The van der Waals surface area contributed by atoms with Crippen LogP contribution in [0.2, 0.25) is 0 Å². The third kappa shape index (κ3) is 3.41. The molecular weight excluding hydrogens is 284 g/mol. The highest BCUT2D eigenvalue weighted by atomic mass is 16.5. The van der Waals surface area contributed by atoms with E-state index in [1.54, 1.807) is 0 Å². The number of ether oxygens (including phenoxy) is 1. The summed E-state index contributed by atoms with van der Waals surface area (Å²) in [6.45, 7) is 6.79. The van der Waals surface area contributed by atoms with Crippen molar-refractivity contribution in [1.82, 2.24) is 4.90 Å². The molecule has 0 radical (unpaired) electrons. The number of aryl methyl sites for hydroxylation is 1. The predicted octanol–water partition coefficient (Wildman–Crippen LogP) is 3.44. The molecule has 0 amide bonds. The molecule has 0 aromatic heterocycles. The Hall–Kier alpha value is -1.84. The van der Waals surface area contributed by atoms with Gasteiger partial charge in [-0.25, -0.2) is 0 Å². The Morgan fingerprint density at radius 2 is 1.87 bits per heavy atom. The zero-order valence-corrected chi connectivity index (χ0v) is 14.3. The van der Waals surface area contributed by atoms with E-state index >= 15 is 0 Å². The van der Waals surface area contributed by atoms with Crippen molar-refractivity contribution < 1.29 is 4.74 Å². The molecule has 0 spiro atoms. The Morgan fingerprint density at radius 3 is 2.61 bits per heavy atom. The molecule has 122 valence electrons. The SMILES string of the molecule is Cc1ccc2c(c1C)OCC(CN(C)Cc1ccccc1)C2N. The van der Waals surface area contributed by atoms with Crippen molar-refractivity contribution in [3.63, 3.8) is 0 Å². The molecule has 2 aromatic rings. The Bertz CT molecular complexity index is 669. The minimum absolute atomic E-state index is 0.0382. The van der Waals surface area contributed by atoms with Gasteiger partial charge in [-0.05, 0) is 37.6 Å². The van der Waals surface area contributed by atoms with Crippen LogP contribution in [0.15, 0.2) is 42.5 Å². The summed E-state index contributed by atoms with van der Waals surface area (Å²) < 4.78 is 6.06. The number of fused-ring (bicyclic) bond motifs is 1. The van der Waals surface area contributed by atoms with Gasteiger partial charge in [0.05, 0.1) is 6.61 Å². The van der Waals surface area contributed by atoms with Gasteiger partial charge in [-0.1, -0.05) is 42.5 Å². The van der Waals surface area contributed by atoms with Crippen molar-refractivity contribution >= 4 is 0 Å². The summed E-state index contributed by atoms with van der Waals surface area (Å²) in [5, 5.41) is 0. The van der Waals surface area contributed by atoms with E-state index in [2.05, 4.69) is 68.3 Å². The highest BCUT2D eigenvalue weighted by molar-refractivity contribution is 5.48. The molecule has 0 saturated carbocycles. The van der Waals surface area contributed by atoms with E-state index in [4.69, 9.17) is 10.5 Å². The highest BCUT2D eigenvalue weighted by Gasteiger charge is 2.30. The molecule has 0 aliphatic carbocycles. The Morgan fingerprint density at radius 1 is 1.13 bits per heavy atom. The Kier molecular flexibility index (Phi) is 4.69. The first-order valence-electron chi connectivity index (χ1n) is 8.27. The molecule has 3 heteroatoms. The third-order valence-corrected chi connectivity index (χ3v) is 4.86. The second-order valence-electron chi connectivity index (χ2n) is 6.71. The first-order valence-corrected chi connectivity index (χ1v) is 8.27. The van der Waals surface area contributed by atoms with Crippen molar-refractivity contribution in [2.75, 3.05) is 20.2 Å². The molecule has 2 N–H and O–H groups in total. The van der Waals surface area contributed by atoms with Crippen LogP contribution in [-0.2, 0) is 6.54 Å². The summed E-state index contributed by atoms with van der Waals surface area (Å²) in [5.41, 5.74) is 11.5. The van der Waals surface area contributed by atoms with E-state index in [-0.39, 0.29) is 6.04 Å². The molecule has 2 unspecified atom stereocenters. The van der Waals surface area contributed by atoms with Crippen molar-refractivity contribution in [1.29, 1.82) is 0 Å².